The summed E-state index contributed by atoms with van der Waals surface area (Å²) in [6, 6.07) is 11.8. The number of aromatic hydroxyl groups is 1. The minimum Gasteiger partial charge on any atom is -0.508 e. The Balaban J connectivity index is 2.05. The first-order chi connectivity index (χ1) is 10.1. The quantitative estimate of drug-likeness (QED) is 0.845. The lowest BCUT2D eigenvalue weighted by Crippen LogP contribution is -2.18. The molecule has 0 heterocycles. The molecule has 1 unspecified atom stereocenters. The molecule has 2 N–H and O–H groups in total. The zero-order valence-corrected chi connectivity index (χ0v) is 12.3. The maximum absolute atomic E-state index is 13.3. The number of ether oxygens (including phenoxy) is 1. The average Bonchev–Trinajstić information content (AvgIpc) is 2.45. The van der Waals surface area contributed by atoms with Crippen LogP contribution in [-0.4, -0.2) is 17.8 Å². The molecule has 4 heteroatoms. The largest absolute Gasteiger partial charge is 0.508 e. The van der Waals surface area contributed by atoms with Crippen LogP contribution in [0, 0.1) is 5.82 Å². The Labute approximate surface area is 124 Å². The van der Waals surface area contributed by atoms with Crippen molar-refractivity contribution in [2.45, 2.75) is 26.3 Å². The molecule has 3 nitrogen and oxygen atoms in total. The van der Waals surface area contributed by atoms with Crippen LogP contribution in [0.15, 0.2) is 42.5 Å². The van der Waals surface area contributed by atoms with Crippen molar-refractivity contribution in [1.29, 1.82) is 0 Å². The van der Waals surface area contributed by atoms with Gasteiger partial charge in [0, 0.05) is 12.1 Å². The van der Waals surface area contributed by atoms with E-state index in [4.69, 9.17) is 4.74 Å². The van der Waals surface area contributed by atoms with Crippen LogP contribution in [-0.2, 0) is 6.42 Å². The zero-order valence-electron chi connectivity index (χ0n) is 12.3. The van der Waals surface area contributed by atoms with Crippen LogP contribution < -0.4 is 10.1 Å². The number of benzene rings is 2. The zero-order chi connectivity index (χ0) is 15.2. The topological polar surface area (TPSA) is 41.5 Å². The normalized spacial score (nSPS) is 12.0. The van der Waals surface area contributed by atoms with Crippen LogP contribution in [0.1, 0.15) is 19.4 Å². The molecule has 21 heavy (non-hydrogen) atoms. The van der Waals surface area contributed by atoms with Crippen molar-refractivity contribution >= 4 is 5.69 Å². The van der Waals surface area contributed by atoms with Crippen LogP contribution in [0.5, 0.6) is 11.5 Å². The molecule has 0 saturated heterocycles. The van der Waals surface area contributed by atoms with E-state index < -0.39 is 0 Å². The van der Waals surface area contributed by atoms with Gasteiger partial charge in [0.2, 0.25) is 0 Å². The van der Waals surface area contributed by atoms with Crippen molar-refractivity contribution < 1.29 is 14.2 Å². The molecule has 2 rings (SSSR count). The molecule has 1 atom stereocenters. The first-order valence-corrected chi connectivity index (χ1v) is 7.05. The molecule has 0 saturated carbocycles. The number of hydrogen-bond donors (Lipinski definition) is 2. The summed E-state index contributed by atoms with van der Waals surface area (Å²) in [4.78, 5) is 0. The molecule has 0 amide bonds. The van der Waals surface area contributed by atoms with E-state index in [1.165, 1.54) is 12.1 Å². The molecule has 0 aliphatic heterocycles. The second-order valence-corrected chi connectivity index (χ2v) is 4.99. The summed E-state index contributed by atoms with van der Waals surface area (Å²) in [5, 5.41) is 12.6. The fourth-order valence-electron chi connectivity index (χ4n) is 2.19. The first kappa shape index (κ1) is 15.2. The van der Waals surface area contributed by atoms with E-state index in [0.717, 1.165) is 17.7 Å². The number of rotatable bonds is 6. The van der Waals surface area contributed by atoms with E-state index in [9.17, 15) is 9.50 Å². The van der Waals surface area contributed by atoms with E-state index in [0.29, 0.717) is 12.4 Å². The molecule has 0 aliphatic carbocycles. The number of halogens is 1. The fraction of sp³-hybridized carbons (Fsp3) is 0.294. The van der Waals surface area contributed by atoms with Crippen molar-refractivity contribution in [2.75, 3.05) is 11.9 Å². The summed E-state index contributed by atoms with van der Waals surface area (Å²) in [7, 11) is 0. The molecular formula is C17H20FNO2. The predicted octanol–water partition coefficient (Wildman–Crippen LogP) is 3.97. The highest BCUT2D eigenvalue weighted by Crippen LogP contribution is 2.26. The summed E-state index contributed by atoms with van der Waals surface area (Å²) in [5.74, 6) is 0.474. The van der Waals surface area contributed by atoms with Gasteiger partial charge in [-0.15, -0.1) is 0 Å². The predicted molar refractivity (Wildman–Crippen MR) is 82.5 cm³/mol. The summed E-state index contributed by atoms with van der Waals surface area (Å²) in [5.41, 5.74) is 1.90. The van der Waals surface area contributed by atoms with E-state index in [2.05, 4.69) is 5.32 Å². The molecule has 0 aliphatic rings. The van der Waals surface area contributed by atoms with E-state index in [-0.39, 0.29) is 17.6 Å². The third-order valence-corrected chi connectivity index (χ3v) is 3.12. The summed E-state index contributed by atoms with van der Waals surface area (Å²) in [6.07, 6.45) is 0.795. The summed E-state index contributed by atoms with van der Waals surface area (Å²) < 4.78 is 18.7. The Kier molecular flexibility index (Phi) is 5.04. The number of anilines is 1. The number of phenols is 1. The van der Waals surface area contributed by atoms with E-state index in [1.54, 1.807) is 18.2 Å². The van der Waals surface area contributed by atoms with Crippen molar-refractivity contribution in [1.82, 2.24) is 0 Å². The van der Waals surface area contributed by atoms with Gasteiger partial charge < -0.3 is 15.2 Å². The molecule has 0 aromatic heterocycles. The van der Waals surface area contributed by atoms with Gasteiger partial charge in [0.25, 0.3) is 0 Å². The maximum atomic E-state index is 13.3. The van der Waals surface area contributed by atoms with Crippen molar-refractivity contribution in [3.8, 4) is 11.5 Å². The first-order valence-electron chi connectivity index (χ1n) is 7.05. The Morgan fingerprint density at radius 2 is 1.90 bits per heavy atom. The molecule has 0 radical (unpaired) electrons. The second kappa shape index (κ2) is 6.97. The SMILES string of the molecule is CCOc1cc(F)ccc1NC(C)Cc1ccc(O)cc1. The van der Waals surface area contributed by atoms with Crippen molar-refractivity contribution in [2.24, 2.45) is 0 Å². The summed E-state index contributed by atoms with van der Waals surface area (Å²) >= 11 is 0. The van der Waals surface area contributed by atoms with Crippen LogP contribution in [0.4, 0.5) is 10.1 Å². The monoisotopic (exact) mass is 289 g/mol. The Morgan fingerprint density at radius 3 is 2.57 bits per heavy atom. The lowest BCUT2D eigenvalue weighted by Gasteiger charge is -2.18. The fourth-order valence-corrected chi connectivity index (χ4v) is 2.19. The number of hydrogen-bond acceptors (Lipinski definition) is 3. The Hall–Kier alpha value is -2.23. The third-order valence-electron chi connectivity index (χ3n) is 3.12. The van der Waals surface area contributed by atoms with Gasteiger partial charge in [-0.2, -0.15) is 0 Å². The van der Waals surface area contributed by atoms with Gasteiger partial charge >= 0.3 is 0 Å². The molecule has 2 aromatic rings. The minimum absolute atomic E-state index is 0.152. The van der Waals surface area contributed by atoms with Gasteiger partial charge in [0.05, 0.1) is 12.3 Å². The Morgan fingerprint density at radius 1 is 1.19 bits per heavy atom. The minimum atomic E-state index is -0.310. The highest BCUT2D eigenvalue weighted by molar-refractivity contribution is 5.57. The van der Waals surface area contributed by atoms with E-state index >= 15 is 0 Å². The summed E-state index contributed by atoms with van der Waals surface area (Å²) in [6.45, 7) is 4.41. The lowest BCUT2D eigenvalue weighted by atomic mass is 10.1. The van der Waals surface area contributed by atoms with Gasteiger partial charge in [0.15, 0.2) is 0 Å². The van der Waals surface area contributed by atoms with Gasteiger partial charge in [-0.25, -0.2) is 4.39 Å². The van der Waals surface area contributed by atoms with Gasteiger partial charge in [0.1, 0.15) is 17.3 Å². The van der Waals surface area contributed by atoms with Crippen LogP contribution in [0.3, 0.4) is 0 Å². The molecular weight excluding hydrogens is 269 g/mol. The highest BCUT2D eigenvalue weighted by atomic mass is 19.1. The van der Waals surface area contributed by atoms with Crippen LogP contribution in [0.2, 0.25) is 0 Å². The molecule has 112 valence electrons. The van der Waals surface area contributed by atoms with Crippen molar-refractivity contribution in [3.63, 3.8) is 0 Å². The van der Waals surface area contributed by atoms with Gasteiger partial charge in [-0.3, -0.25) is 0 Å². The molecule has 0 bridgehead atoms. The van der Waals surface area contributed by atoms with Crippen LogP contribution in [0.25, 0.3) is 0 Å². The lowest BCUT2D eigenvalue weighted by molar-refractivity contribution is 0.339. The number of phenolic OH excluding ortho intramolecular Hbond substituents is 1. The Bertz CT molecular complexity index is 584. The van der Waals surface area contributed by atoms with Gasteiger partial charge in [-0.05, 0) is 50.1 Å². The molecule has 2 aromatic carbocycles. The smallest absolute Gasteiger partial charge is 0.145 e. The standard InChI is InChI=1S/C17H20FNO2/c1-3-21-17-11-14(18)6-9-16(17)19-12(2)10-13-4-7-15(20)8-5-13/h4-9,11-12,19-20H,3,10H2,1-2H3. The number of nitrogens with one attached hydrogen (secondary N) is 1. The highest BCUT2D eigenvalue weighted by Gasteiger charge is 2.09. The second-order valence-electron chi connectivity index (χ2n) is 4.99. The van der Waals surface area contributed by atoms with Crippen LogP contribution >= 0.6 is 0 Å². The maximum Gasteiger partial charge on any atom is 0.145 e. The molecule has 0 fully saturated rings. The third kappa shape index (κ3) is 4.38. The molecule has 0 spiro atoms. The van der Waals surface area contributed by atoms with Gasteiger partial charge in [-0.1, -0.05) is 12.1 Å². The average molecular weight is 289 g/mol. The van der Waals surface area contributed by atoms with E-state index in [1.807, 2.05) is 26.0 Å². The van der Waals surface area contributed by atoms with Crippen molar-refractivity contribution in [3.05, 3.63) is 53.8 Å².